The molecule has 1 amide bonds. The number of carboxylic acids is 1. The van der Waals surface area contributed by atoms with E-state index in [1.54, 1.807) is 24.5 Å². The van der Waals surface area contributed by atoms with Gasteiger partial charge in [-0.3, -0.25) is 4.98 Å². The molecule has 23 heavy (non-hydrogen) atoms. The molecule has 1 aromatic rings. The first kappa shape index (κ1) is 18.9. The quantitative estimate of drug-likeness (QED) is 0.839. The Bertz CT molecular complexity index is 535. The van der Waals surface area contributed by atoms with Gasteiger partial charge in [0.25, 0.3) is 0 Å². The van der Waals surface area contributed by atoms with Crippen LogP contribution in [0.2, 0.25) is 0 Å². The molecule has 0 aromatic carbocycles. The number of nitrogens with one attached hydrogen (secondary N) is 1. The first-order chi connectivity index (χ1) is 10.5. The lowest BCUT2D eigenvalue weighted by atomic mass is 9.72. The van der Waals surface area contributed by atoms with Crippen LogP contribution in [0.1, 0.15) is 46.6 Å². The molecule has 0 aliphatic rings. The molecule has 0 aliphatic carbocycles. The van der Waals surface area contributed by atoms with Gasteiger partial charge in [0.15, 0.2) is 0 Å². The van der Waals surface area contributed by atoms with Crippen LogP contribution >= 0.6 is 0 Å². The molecule has 1 rings (SSSR count). The third kappa shape index (κ3) is 6.67. The van der Waals surface area contributed by atoms with Crippen molar-refractivity contribution in [1.82, 2.24) is 10.3 Å². The second-order valence-electron chi connectivity index (χ2n) is 7.58. The van der Waals surface area contributed by atoms with Crippen LogP contribution in [0.25, 0.3) is 0 Å². The number of nitrogens with zero attached hydrogens (tertiary/aromatic N) is 1. The summed E-state index contributed by atoms with van der Waals surface area (Å²) >= 11 is 0. The molecule has 0 spiro atoms. The molecule has 0 aliphatic heterocycles. The van der Waals surface area contributed by atoms with Crippen LogP contribution in [0, 0.1) is 10.8 Å². The minimum atomic E-state index is -1.07. The van der Waals surface area contributed by atoms with Crippen molar-refractivity contribution in [3.05, 3.63) is 30.1 Å². The maximum Gasteiger partial charge on any atom is 0.408 e. The van der Waals surface area contributed by atoms with Gasteiger partial charge in [-0.25, -0.2) is 9.59 Å². The number of hydrogen-bond acceptors (Lipinski definition) is 4. The van der Waals surface area contributed by atoms with Gasteiger partial charge in [-0.2, -0.15) is 0 Å². The summed E-state index contributed by atoms with van der Waals surface area (Å²) < 4.78 is 5.08. The second kappa shape index (κ2) is 7.44. The smallest absolute Gasteiger partial charge is 0.408 e. The standard InChI is InChI=1S/C17H26N2O4/c1-16(2,3)11-17(4,5)13(14(20)21)19-15(22)23-10-12-7-6-8-18-9-12/h6-9,13H,10-11H2,1-5H3,(H,19,22)(H,20,21)/t13-/m1/s1. The van der Waals surface area contributed by atoms with Crippen molar-refractivity contribution >= 4 is 12.1 Å². The Morgan fingerprint density at radius 2 is 1.96 bits per heavy atom. The average Bonchev–Trinajstić information content (AvgIpc) is 2.40. The van der Waals surface area contributed by atoms with E-state index in [1.165, 1.54) is 0 Å². The Balaban J connectivity index is 2.68. The number of carboxylic acid groups (broad SMARTS) is 1. The van der Waals surface area contributed by atoms with Crippen LogP contribution in [0.4, 0.5) is 4.79 Å². The molecule has 1 aromatic heterocycles. The Morgan fingerprint density at radius 3 is 2.43 bits per heavy atom. The van der Waals surface area contributed by atoms with Gasteiger partial charge < -0.3 is 15.2 Å². The molecule has 0 fully saturated rings. The number of aliphatic carboxylic acids is 1. The van der Waals surface area contributed by atoms with Gasteiger partial charge in [0.05, 0.1) is 0 Å². The highest BCUT2D eigenvalue weighted by molar-refractivity contribution is 5.80. The fraction of sp³-hybridized carbons (Fsp3) is 0.588. The summed E-state index contributed by atoms with van der Waals surface area (Å²) in [6.07, 6.45) is 3.10. The maximum absolute atomic E-state index is 11.9. The van der Waals surface area contributed by atoms with E-state index in [4.69, 9.17) is 4.74 Å². The predicted molar refractivity (Wildman–Crippen MR) is 86.8 cm³/mol. The van der Waals surface area contributed by atoms with Gasteiger partial charge in [0, 0.05) is 18.0 Å². The zero-order valence-corrected chi connectivity index (χ0v) is 14.4. The van der Waals surface area contributed by atoms with E-state index in [0.29, 0.717) is 6.42 Å². The van der Waals surface area contributed by atoms with Crippen LogP contribution in [-0.2, 0) is 16.1 Å². The van der Waals surface area contributed by atoms with E-state index < -0.39 is 23.5 Å². The zero-order valence-electron chi connectivity index (χ0n) is 14.4. The molecule has 0 saturated carbocycles. The number of carbonyl (C=O) groups is 2. The highest BCUT2D eigenvalue weighted by Gasteiger charge is 2.39. The molecule has 2 N–H and O–H groups in total. The van der Waals surface area contributed by atoms with Crippen molar-refractivity contribution in [3.8, 4) is 0 Å². The Kier molecular flexibility index (Phi) is 6.12. The van der Waals surface area contributed by atoms with E-state index in [2.05, 4.69) is 10.3 Å². The maximum atomic E-state index is 11.9. The van der Waals surface area contributed by atoms with E-state index in [1.807, 2.05) is 34.6 Å². The molecule has 128 valence electrons. The lowest BCUT2D eigenvalue weighted by Crippen LogP contribution is -2.51. The number of alkyl carbamates (subject to hydrolysis) is 1. The van der Waals surface area contributed by atoms with E-state index in [0.717, 1.165) is 5.56 Å². The monoisotopic (exact) mass is 322 g/mol. The summed E-state index contributed by atoms with van der Waals surface area (Å²) in [5, 5.41) is 11.9. The van der Waals surface area contributed by atoms with Gasteiger partial charge in [0.1, 0.15) is 12.6 Å². The van der Waals surface area contributed by atoms with Gasteiger partial charge >= 0.3 is 12.1 Å². The fourth-order valence-corrected chi connectivity index (χ4v) is 2.85. The number of hydrogen-bond donors (Lipinski definition) is 2. The largest absolute Gasteiger partial charge is 0.480 e. The first-order valence-electron chi connectivity index (χ1n) is 7.56. The molecule has 1 heterocycles. The van der Waals surface area contributed by atoms with Crippen molar-refractivity contribution in [2.45, 2.75) is 53.7 Å². The van der Waals surface area contributed by atoms with Crippen LogP contribution < -0.4 is 5.32 Å². The zero-order chi connectivity index (χ0) is 17.7. The number of ether oxygens (including phenoxy) is 1. The molecule has 6 heteroatoms. The van der Waals surface area contributed by atoms with Crippen LogP contribution in [0.5, 0.6) is 0 Å². The highest BCUT2D eigenvalue weighted by Crippen LogP contribution is 2.36. The number of rotatable bonds is 6. The van der Waals surface area contributed by atoms with Crippen molar-refractivity contribution in [3.63, 3.8) is 0 Å². The molecule has 1 atom stereocenters. The Hall–Kier alpha value is -2.11. The van der Waals surface area contributed by atoms with E-state index in [9.17, 15) is 14.7 Å². The molecule has 0 radical (unpaired) electrons. The number of carbonyl (C=O) groups excluding carboxylic acids is 1. The van der Waals surface area contributed by atoms with Crippen molar-refractivity contribution < 1.29 is 19.4 Å². The third-order valence-corrected chi connectivity index (χ3v) is 3.37. The highest BCUT2D eigenvalue weighted by atomic mass is 16.5. The second-order valence-corrected chi connectivity index (χ2v) is 7.58. The Labute approximate surface area is 137 Å². The van der Waals surface area contributed by atoms with E-state index in [-0.39, 0.29) is 12.0 Å². The van der Waals surface area contributed by atoms with Crippen LogP contribution in [0.3, 0.4) is 0 Å². The van der Waals surface area contributed by atoms with Crippen LogP contribution in [-0.4, -0.2) is 28.2 Å². The van der Waals surface area contributed by atoms with Crippen molar-refractivity contribution in [2.75, 3.05) is 0 Å². The lowest BCUT2D eigenvalue weighted by molar-refractivity contribution is -0.143. The lowest BCUT2D eigenvalue weighted by Gasteiger charge is -2.36. The summed E-state index contributed by atoms with van der Waals surface area (Å²) in [5.74, 6) is -1.07. The number of amides is 1. The van der Waals surface area contributed by atoms with Gasteiger partial charge in [0.2, 0.25) is 0 Å². The van der Waals surface area contributed by atoms with Gasteiger partial charge in [-0.1, -0.05) is 40.7 Å². The molecule has 0 unspecified atom stereocenters. The summed E-state index contributed by atoms with van der Waals surface area (Å²) in [6, 6.07) is 2.49. The van der Waals surface area contributed by atoms with Crippen molar-refractivity contribution in [2.24, 2.45) is 10.8 Å². The summed E-state index contributed by atoms with van der Waals surface area (Å²) in [4.78, 5) is 27.4. The molecule has 0 bridgehead atoms. The normalized spacial score (nSPS) is 13.3. The number of pyridine rings is 1. The third-order valence-electron chi connectivity index (χ3n) is 3.37. The molecular formula is C17H26N2O4. The topological polar surface area (TPSA) is 88.5 Å². The first-order valence-corrected chi connectivity index (χ1v) is 7.56. The predicted octanol–water partition coefficient (Wildman–Crippen LogP) is 3.22. The minimum absolute atomic E-state index is 0.0473. The van der Waals surface area contributed by atoms with Crippen molar-refractivity contribution in [1.29, 1.82) is 0 Å². The summed E-state index contributed by atoms with van der Waals surface area (Å²) in [5.41, 5.74) is 0.0686. The molecule has 0 saturated heterocycles. The van der Waals surface area contributed by atoms with Gasteiger partial charge in [-0.05, 0) is 23.3 Å². The SMILES string of the molecule is CC(C)(C)CC(C)(C)[C@H](NC(=O)OCc1cccnc1)C(=O)O. The molecular weight excluding hydrogens is 296 g/mol. The van der Waals surface area contributed by atoms with Crippen LogP contribution in [0.15, 0.2) is 24.5 Å². The summed E-state index contributed by atoms with van der Waals surface area (Å²) in [7, 11) is 0. The van der Waals surface area contributed by atoms with E-state index >= 15 is 0 Å². The minimum Gasteiger partial charge on any atom is -0.480 e. The number of aromatic nitrogens is 1. The van der Waals surface area contributed by atoms with Gasteiger partial charge in [-0.15, -0.1) is 0 Å². The average molecular weight is 322 g/mol. The Morgan fingerprint density at radius 1 is 1.30 bits per heavy atom. The molecule has 6 nitrogen and oxygen atoms in total. The summed E-state index contributed by atoms with van der Waals surface area (Å²) in [6.45, 7) is 9.82. The fourth-order valence-electron chi connectivity index (χ4n) is 2.85.